The number of imidazole rings is 1. The molecule has 9 heteroatoms. The molecule has 1 aliphatic heterocycles. The van der Waals surface area contributed by atoms with Gasteiger partial charge in [-0.05, 0) is 43.9 Å². The highest BCUT2D eigenvalue weighted by molar-refractivity contribution is 6.76. The van der Waals surface area contributed by atoms with Crippen LogP contribution in [0.25, 0.3) is 10.9 Å². The summed E-state index contributed by atoms with van der Waals surface area (Å²) in [6, 6.07) is 7.26. The molecule has 0 spiro atoms. The average Bonchev–Trinajstić information content (AvgIpc) is 3.35. The summed E-state index contributed by atoms with van der Waals surface area (Å²) in [6.45, 7) is 11.7. The Balaban J connectivity index is 1.21. The fraction of sp³-hybridized carbons (Fsp3) is 0.593. The van der Waals surface area contributed by atoms with Gasteiger partial charge in [0.2, 0.25) is 5.88 Å². The molecule has 8 nitrogen and oxygen atoms in total. The van der Waals surface area contributed by atoms with Crippen molar-refractivity contribution in [3.8, 4) is 5.88 Å². The van der Waals surface area contributed by atoms with Crippen LogP contribution < -0.4 is 9.64 Å². The van der Waals surface area contributed by atoms with Crippen molar-refractivity contribution < 1.29 is 14.2 Å². The van der Waals surface area contributed by atoms with Gasteiger partial charge in [-0.15, -0.1) is 0 Å². The third kappa shape index (κ3) is 6.25. The first kappa shape index (κ1) is 25.2. The number of hydrogen-bond donors (Lipinski definition) is 0. The molecule has 0 N–H and O–H groups in total. The number of aromatic nitrogens is 4. The first-order chi connectivity index (χ1) is 17.5. The minimum absolute atomic E-state index is 0.147. The van der Waals surface area contributed by atoms with E-state index in [4.69, 9.17) is 24.2 Å². The van der Waals surface area contributed by atoms with Gasteiger partial charge in [0.25, 0.3) is 0 Å². The van der Waals surface area contributed by atoms with Crippen LogP contribution in [0.4, 0.5) is 5.82 Å². The summed E-state index contributed by atoms with van der Waals surface area (Å²) in [5.41, 5.74) is 0.925. The van der Waals surface area contributed by atoms with E-state index < -0.39 is 8.07 Å². The van der Waals surface area contributed by atoms with Crippen LogP contribution >= 0.6 is 0 Å². The molecule has 194 valence electrons. The Morgan fingerprint density at radius 3 is 2.64 bits per heavy atom. The second-order valence-corrected chi connectivity index (χ2v) is 16.8. The van der Waals surface area contributed by atoms with Crippen LogP contribution in [-0.2, 0) is 16.2 Å². The SMILES string of the molecule is C[Si](C)(C)CCOCn1ccnc1C1CCC(Oc2nc(N3CCOCC3)cc3ncccc23)CC1. The number of pyridine rings is 2. The minimum atomic E-state index is -1.08. The number of morpholine rings is 1. The van der Waals surface area contributed by atoms with Crippen LogP contribution in [0.1, 0.15) is 37.4 Å². The first-order valence-corrected chi connectivity index (χ1v) is 17.0. The largest absolute Gasteiger partial charge is 0.474 e. The standard InChI is InChI=1S/C27H39N5O3Si/c1-36(2,3)18-17-34-20-32-12-11-29-26(32)21-6-8-22(9-7-21)35-27-23-5-4-10-28-24(23)19-25(30-27)31-13-15-33-16-14-31/h4-5,10-12,19,21-22H,6-9,13-18,20H2,1-3H3. The van der Waals surface area contributed by atoms with Gasteiger partial charge in [-0.25, -0.2) is 4.98 Å². The maximum Gasteiger partial charge on any atom is 0.225 e. The van der Waals surface area contributed by atoms with Gasteiger partial charge in [-0.2, -0.15) is 4.98 Å². The molecular formula is C27H39N5O3Si. The van der Waals surface area contributed by atoms with Crippen molar-refractivity contribution in [3.63, 3.8) is 0 Å². The van der Waals surface area contributed by atoms with E-state index in [1.165, 1.54) is 6.04 Å². The van der Waals surface area contributed by atoms with E-state index >= 15 is 0 Å². The highest BCUT2D eigenvalue weighted by Gasteiger charge is 2.27. The topological polar surface area (TPSA) is 74.5 Å². The number of ether oxygens (including phenoxy) is 3. The summed E-state index contributed by atoms with van der Waals surface area (Å²) < 4.78 is 20.2. The van der Waals surface area contributed by atoms with Crippen molar-refractivity contribution in [1.82, 2.24) is 19.5 Å². The van der Waals surface area contributed by atoms with Crippen LogP contribution in [0.3, 0.4) is 0 Å². The average molecular weight is 510 g/mol. The Labute approximate surface area is 215 Å². The van der Waals surface area contributed by atoms with E-state index in [1.54, 1.807) is 0 Å². The summed E-state index contributed by atoms with van der Waals surface area (Å²) >= 11 is 0. The zero-order valence-electron chi connectivity index (χ0n) is 21.9. The van der Waals surface area contributed by atoms with Crippen molar-refractivity contribution in [3.05, 3.63) is 42.6 Å². The van der Waals surface area contributed by atoms with Gasteiger partial charge in [0.05, 0.1) is 24.1 Å². The lowest BCUT2D eigenvalue weighted by molar-refractivity contribution is 0.0819. The third-order valence-electron chi connectivity index (χ3n) is 7.18. The molecule has 2 fully saturated rings. The minimum Gasteiger partial charge on any atom is -0.474 e. The molecule has 36 heavy (non-hydrogen) atoms. The number of rotatable bonds is 9. The maximum absolute atomic E-state index is 6.55. The van der Waals surface area contributed by atoms with E-state index in [0.717, 1.165) is 81.1 Å². The molecule has 1 saturated carbocycles. The van der Waals surface area contributed by atoms with Crippen molar-refractivity contribution in [2.45, 2.75) is 70.1 Å². The van der Waals surface area contributed by atoms with Crippen LogP contribution in [0.2, 0.25) is 25.7 Å². The lowest BCUT2D eigenvalue weighted by Gasteiger charge is -2.30. The Kier molecular flexibility index (Phi) is 7.88. The lowest BCUT2D eigenvalue weighted by atomic mass is 9.87. The molecule has 0 atom stereocenters. The first-order valence-electron chi connectivity index (χ1n) is 13.3. The summed E-state index contributed by atoms with van der Waals surface area (Å²) in [6.07, 6.45) is 10.0. The summed E-state index contributed by atoms with van der Waals surface area (Å²) in [5, 5.41) is 0.975. The molecule has 2 aliphatic rings. The van der Waals surface area contributed by atoms with E-state index in [9.17, 15) is 0 Å². The molecule has 0 bridgehead atoms. The predicted octanol–water partition coefficient (Wildman–Crippen LogP) is 5.08. The molecule has 0 radical (unpaired) electrons. The fourth-order valence-electron chi connectivity index (χ4n) is 5.00. The second-order valence-electron chi connectivity index (χ2n) is 11.1. The van der Waals surface area contributed by atoms with Gasteiger partial charge >= 0.3 is 0 Å². The van der Waals surface area contributed by atoms with Gasteiger partial charge in [-0.3, -0.25) is 4.98 Å². The fourth-order valence-corrected chi connectivity index (χ4v) is 5.76. The molecule has 4 heterocycles. The van der Waals surface area contributed by atoms with Gasteiger partial charge in [0, 0.05) is 58.3 Å². The smallest absolute Gasteiger partial charge is 0.225 e. The highest BCUT2D eigenvalue weighted by Crippen LogP contribution is 2.35. The van der Waals surface area contributed by atoms with Gasteiger partial charge in [0.15, 0.2) is 0 Å². The molecule has 0 aromatic carbocycles. The Morgan fingerprint density at radius 2 is 1.86 bits per heavy atom. The molecule has 3 aromatic rings. The third-order valence-corrected chi connectivity index (χ3v) is 8.88. The van der Waals surface area contributed by atoms with Gasteiger partial charge < -0.3 is 23.7 Å². The molecule has 0 amide bonds. The Morgan fingerprint density at radius 1 is 1.06 bits per heavy atom. The Hall–Kier alpha value is -2.49. The summed E-state index contributed by atoms with van der Waals surface area (Å²) in [5.74, 6) is 3.20. The monoisotopic (exact) mass is 509 g/mol. The number of fused-ring (bicyclic) bond motifs is 1. The molecule has 1 saturated heterocycles. The Bertz CT molecular complexity index is 1130. The van der Waals surface area contributed by atoms with E-state index in [0.29, 0.717) is 18.5 Å². The number of nitrogens with zero attached hydrogens (tertiary/aromatic N) is 5. The molecule has 0 unspecified atom stereocenters. The molecular weight excluding hydrogens is 470 g/mol. The second kappa shape index (κ2) is 11.3. The number of anilines is 1. The van der Waals surface area contributed by atoms with Crippen molar-refractivity contribution in [1.29, 1.82) is 0 Å². The normalized spacial score (nSPS) is 21.1. The zero-order valence-corrected chi connectivity index (χ0v) is 22.9. The van der Waals surface area contributed by atoms with Gasteiger partial charge in [-0.1, -0.05) is 19.6 Å². The van der Waals surface area contributed by atoms with Crippen LogP contribution in [0, 0.1) is 0 Å². The summed E-state index contributed by atoms with van der Waals surface area (Å²) in [4.78, 5) is 16.5. The van der Waals surface area contributed by atoms with E-state index in [2.05, 4.69) is 46.2 Å². The molecule has 5 rings (SSSR count). The van der Waals surface area contributed by atoms with Gasteiger partial charge in [0.1, 0.15) is 24.5 Å². The lowest BCUT2D eigenvalue weighted by Crippen LogP contribution is -2.36. The van der Waals surface area contributed by atoms with Crippen molar-refractivity contribution in [2.75, 3.05) is 37.8 Å². The molecule has 1 aliphatic carbocycles. The van der Waals surface area contributed by atoms with Crippen molar-refractivity contribution >= 4 is 24.8 Å². The van der Waals surface area contributed by atoms with Crippen molar-refractivity contribution in [2.24, 2.45) is 0 Å². The van der Waals surface area contributed by atoms with Crippen LogP contribution in [-0.4, -0.2) is 66.6 Å². The summed E-state index contributed by atoms with van der Waals surface area (Å²) in [7, 11) is -1.08. The quantitative estimate of drug-likeness (QED) is 0.294. The highest BCUT2D eigenvalue weighted by atomic mass is 28.3. The van der Waals surface area contributed by atoms with E-state index in [1.807, 2.05) is 24.7 Å². The predicted molar refractivity (Wildman–Crippen MR) is 145 cm³/mol. The van der Waals surface area contributed by atoms with Crippen LogP contribution in [0.5, 0.6) is 5.88 Å². The van der Waals surface area contributed by atoms with E-state index in [-0.39, 0.29) is 6.10 Å². The zero-order chi connectivity index (χ0) is 25.0. The van der Waals surface area contributed by atoms with Crippen LogP contribution in [0.15, 0.2) is 36.8 Å². The number of hydrogen-bond acceptors (Lipinski definition) is 7. The maximum atomic E-state index is 6.55. The molecule has 3 aromatic heterocycles.